The Morgan fingerprint density at radius 2 is 0.685 bits per heavy atom. The van der Waals surface area contributed by atoms with Gasteiger partial charge in [0.25, 0.3) is 11.8 Å². The minimum Gasteiger partial charge on any atom is -0.307 e. The Morgan fingerprint density at radius 1 is 0.407 bits per heavy atom. The summed E-state index contributed by atoms with van der Waals surface area (Å²) in [5, 5.41) is 0. The van der Waals surface area contributed by atoms with Crippen LogP contribution in [0.15, 0.2) is 108 Å². The summed E-state index contributed by atoms with van der Waals surface area (Å²) in [5.41, 5.74) is 4.11. The molecule has 0 radical (unpaired) electrons. The summed E-state index contributed by atoms with van der Waals surface area (Å²) in [7, 11) is 0. The fourth-order valence-electron chi connectivity index (χ4n) is 7.16. The molecule has 0 spiro atoms. The largest absolute Gasteiger partial charge is 0.416 e. The van der Waals surface area contributed by atoms with E-state index in [2.05, 4.69) is 13.8 Å². The highest BCUT2D eigenvalue weighted by Gasteiger charge is 2.48. The summed E-state index contributed by atoms with van der Waals surface area (Å²) in [6.45, 7) is 5.02. The van der Waals surface area contributed by atoms with E-state index in [9.17, 15) is 35.9 Å². The van der Waals surface area contributed by atoms with Gasteiger partial charge in [0, 0.05) is 13.1 Å². The molecular formula is C44H42F6N2O2. The van der Waals surface area contributed by atoms with Gasteiger partial charge in [0.15, 0.2) is 0 Å². The number of fused-ring (bicyclic) bond motifs is 1. The maximum atomic E-state index is 14.6. The lowest BCUT2D eigenvalue weighted by atomic mass is 9.98. The van der Waals surface area contributed by atoms with Gasteiger partial charge in [0.2, 0.25) is 0 Å². The molecule has 0 fully saturated rings. The van der Waals surface area contributed by atoms with Crippen molar-refractivity contribution in [2.45, 2.75) is 77.6 Å². The highest BCUT2D eigenvalue weighted by atomic mass is 19.4. The average Bonchev–Trinajstić information content (AvgIpc) is 3.61. The van der Waals surface area contributed by atoms with Crippen molar-refractivity contribution in [3.05, 3.63) is 130 Å². The normalized spacial score (nSPS) is 14.9. The molecular weight excluding hydrogens is 702 g/mol. The third-order valence-electron chi connectivity index (χ3n) is 10.1. The van der Waals surface area contributed by atoms with E-state index in [1.165, 1.54) is 24.3 Å². The molecule has 0 aromatic heterocycles. The highest BCUT2D eigenvalue weighted by Crippen LogP contribution is 2.47. The van der Waals surface area contributed by atoms with E-state index >= 15 is 0 Å². The minimum absolute atomic E-state index is 0.269. The summed E-state index contributed by atoms with van der Waals surface area (Å²) in [6, 6.07) is 24.2. The van der Waals surface area contributed by atoms with Crippen molar-refractivity contribution in [2.75, 3.05) is 13.1 Å². The Balaban J connectivity index is 1.42. The van der Waals surface area contributed by atoms with Gasteiger partial charge >= 0.3 is 12.4 Å². The van der Waals surface area contributed by atoms with Gasteiger partial charge in [0.05, 0.1) is 33.7 Å². The van der Waals surface area contributed by atoms with Crippen LogP contribution in [0.3, 0.4) is 0 Å². The maximum absolute atomic E-state index is 14.6. The second-order valence-corrected chi connectivity index (χ2v) is 13.8. The molecule has 282 valence electrons. The lowest BCUT2D eigenvalue weighted by Crippen LogP contribution is -2.31. The van der Waals surface area contributed by atoms with Crippen molar-refractivity contribution in [2.24, 2.45) is 0 Å². The molecule has 0 saturated heterocycles. The van der Waals surface area contributed by atoms with Crippen LogP contribution < -0.4 is 0 Å². The van der Waals surface area contributed by atoms with Crippen molar-refractivity contribution in [3.8, 4) is 22.3 Å². The smallest absolute Gasteiger partial charge is 0.307 e. The molecule has 10 heteroatoms. The molecule has 2 amide bonds. The third-order valence-corrected chi connectivity index (χ3v) is 10.1. The number of carbonyl (C=O) groups excluding carboxylic acids is 2. The minimum atomic E-state index is -4.44. The molecule has 0 unspecified atom stereocenters. The maximum Gasteiger partial charge on any atom is 0.416 e. The molecule has 4 aromatic rings. The number of benzene rings is 4. The summed E-state index contributed by atoms with van der Waals surface area (Å²) in [6.07, 6.45) is -1.58. The fourth-order valence-corrected chi connectivity index (χ4v) is 7.16. The molecule has 0 aliphatic carbocycles. The van der Waals surface area contributed by atoms with Crippen molar-refractivity contribution in [1.82, 2.24) is 9.80 Å². The number of hydrogen-bond acceptors (Lipinski definition) is 2. The van der Waals surface area contributed by atoms with Crippen molar-refractivity contribution in [3.63, 3.8) is 0 Å². The van der Waals surface area contributed by atoms with Crippen LogP contribution in [0.4, 0.5) is 26.3 Å². The Morgan fingerprint density at radius 3 is 0.963 bits per heavy atom. The molecule has 0 N–H and O–H groups in total. The van der Waals surface area contributed by atoms with E-state index in [4.69, 9.17) is 0 Å². The summed E-state index contributed by atoms with van der Waals surface area (Å²) in [5.74, 6) is -0.538. The van der Waals surface area contributed by atoms with Crippen molar-refractivity contribution >= 4 is 23.2 Å². The van der Waals surface area contributed by atoms with Gasteiger partial charge in [-0.25, -0.2) is 0 Å². The number of unbranched alkanes of at least 4 members (excludes halogenated alkanes) is 6. The standard InChI is InChI=1S/C44H42F6N2O2/c1-3-5-7-9-27-51-39(33-15-11-29(12-16-33)31-19-23-35(24-20-31)43(45,46)47)37-38(41(51)53)40(52(42(37)54)28-10-8-6-4-2)34-17-13-30(14-18-34)32-21-25-36(26-22-32)44(48,49)50/h11-26H,3-10,27-28H2,1-2H3. The van der Waals surface area contributed by atoms with E-state index in [0.717, 1.165) is 75.6 Å². The van der Waals surface area contributed by atoms with Gasteiger partial charge in [-0.3, -0.25) is 9.59 Å². The Hall–Kier alpha value is -5.12. The zero-order valence-electron chi connectivity index (χ0n) is 30.3. The van der Waals surface area contributed by atoms with Crippen LogP contribution in [0.2, 0.25) is 0 Å². The quantitative estimate of drug-likeness (QED) is 0.0953. The summed E-state index contributed by atoms with van der Waals surface area (Å²) < 4.78 is 79.1. The number of carbonyl (C=O) groups is 2. The topological polar surface area (TPSA) is 40.6 Å². The zero-order valence-corrected chi connectivity index (χ0v) is 30.3. The van der Waals surface area contributed by atoms with E-state index < -0.39 is 23.5 Å². The number of amides is 2. The SMILES string of the molecule is CCCCCCN1C(=O)C2=C(c3ccc(-c4ccc(C(F)(F)F)cc4)cc3)N(CCCCCC)C(=O)C2=C1c1ccc(-c2ccc(C(F)(F)F)cc2)cc1. The highest BCUT2D eigenvalue weighted by molar-refractivity contribution is 6.30. The zero-order chi connectivity index (χ0) is 38.6. The Labute approximate surface area is 311 Å². The van der Waals surface area contributed by atoms with Crippen LogP contribution in [-0.2, 0) is 21.9 Å². The monoisotopic (exact) mass is 744 g/mol. The van der Waals surface area contributed by atoms with Gasteiger partial charge in [-0.2, -0.15) is 26.3 Å². The fraction of sp³-hybridized carbons (Fsp3) is 0.318. The van der Waals surface area contributed by atoms with Crippen LogP contribution in [-0.4, -0.2) is 34.7 Å². The molecule has 2 heterocycles. The third kappa shape index (κ3) is 8.03. The Bertz CT molecular complexity index is 1880. The van der Waals surface area contributed by atoms with Crippen LogP contribution >= 0.6 is 0 Å². The van der Waals surface area contributed by atoms with Crippen LogP contribution in [0.25, 0.3) is 33.6 Å². The molecule has 4 aromatic carbocycles. The van der Waals surface area contributed by atoms with Crippen LogP contribution in [0, 0.1) is 0 Å². The van der Waals surface area contributed by atoms with Crippen LogP contribution in [0.5, 0.6) is 0 Å². The number of rotatable bonds is 14. The number of nitrogens with zero attached hydrogens (tertiary/aromatic N) is 2. The number of alkyl halides is 6. The number of halogens is 6. The van der Waals surface area contributed by atoms with E-state index in [1.54, 1.807) is 58.3 Å². The second-order valence-electron chi connectivity index (χ2n) is 13.8. The van der Waals surface area contributed by atoms with Crippen molar-refractivity contribution in [1.29, 1.82) is 0 Å². The molecule has 0 atom stereocenters. The lowest BCUT2D eigenvalue weighted by Gasteiger charge is -2.25. The molecule has 2 aliphatic rings. The lowest BCUT2D eigenvalue weighted by molar-refractivity contribution is -0.138. The number of hydrogen-bond donors (Lipinski definition) is 0. The first-order valence-electron chi connectivity index (χ1n) is 18.5. The average molecular weight is 745 g/mol. The van der Waals surface area contributed by atoms with E-state index in [-0.39, 0.29) is 11.8 Å². The molecule has 54 heavy (non-hydrogen) atoms. The van der Waals surface area contributed by atoms with Gasteiger partial charge < -0.3 is 9.80 Å². The summed E-state index contributed by atoms with van der Waals surface area (Å²) >= 11 is 0. The molecule has 2 aliphatic heterocycles. The first-order chi connectivity index (χ1) is 25.8. The van der Waals surface area contributed by atoms with Gasteiger partial charge in [0.1, 0.15) is 0 Å². The van der Waals surface area contributed by atoms with Crippen LogP contribution in [0.1, 0.15) is 87.5 Å². The Kier molecular flexibility index (Phi) is 11.5. The van der Waals surface area contributed by atoms with Gasteiger partial charge in [-0.15, -0.1) is 0 Å². The molecule has 6 rings (SSSR count). The molecule has 0 bridgehead atoms. The molecule has 0 saturated carbocycles. The van der Waals surface area contributed by atoms with E-state index in [0.29, 0.717) is 69.0 Å². The van der Waals surface area contributed by atoms with Gasteiger partial charge in [-0.1, -0.05) is 125 Å². The summed E-state index contributed by atoms with van der Waals surface area (Å²) in [4.78, 5) is 32.5. The van der Waals surface area contributed by atoms with Crippen molar-refractivity contribution < 1.29 is 35.9 Å². The molecule has 4 nitrogen and oxygen atoms in total. The van der Waals surface area contributed by atoms with E-state index in [1.807, 2.05) is 0 Å². The second kappa shape index (κ2) is 16.1. The predicted octanol–water partition coefficient (Wildman–Crippen LogP) is 12.0. The first-order valence-corrected chi connectivity index (χ1v) is 18.5. The predicted molar refractivity (Wildman–Crippen MR) is 199 cm³/mol. The van der Waals surface area contributed by atoms with Gasteiger partial charge in [-0.05, 0) is 70.5 Å². The first kappa shape index (κ1) is 38.6.